The summed E-state index contributed by atoms with van der Waals surface area (Å²) < 4.78 is 5.30. The molecule has 4 rings (SSSR count). The molecule has 1 aromatic heterocycles. The van der Waals surface area contributed by atoms with Crippen LogP contribution in [0.25, 0.3) is 0 Å². The lowest BCUT2D eigenvalue weighted by molar-refractivity contribution is -0.117. The average molecular weight is 514 g/mol. The maximum Gasteiger partial charge on any atom is 0.261 e. The summed E-state index contributed by atoms with van der Waals surface area (Å²) in [5.74, 6) is -0.634. The van der Waals surface area contributed by atoms with Gasteiger partial charge in [-0.05, 0) is 43.2 Å². The van der Waals surface area contributed by atoms with E-state index in [4.69, 9.17) is 16.3 Å². The van der Waals surface area contributed by atoms with Gasteiger partial charge in [-0.2, -0.15) is 0 Å². The summed E-state index contributed by atoms with van der Waals surface area (Å²) in [4.78, 5) is 38.7. The molecule has 1 fully saturated rings. The van der Waals surface area contributed by atoms with Crippen molar-refractivity contribution in [1.29, 1.82) is 0 Å². The first-order valence-corrected chi connectivity index (χ1v) is 12.0. The van der Waals surface area contributed by atoms with E-state index in [2.05, 4.69) is 20.8 Å². The Kier molecular flexibility index (Phi) is 7.04. The van der Waals surface area contributed by atoms with E-state index in [9.17, 15) is 14.4 Å². The number of nitrogens with zero attached hydrogens (tertiary/aromatic N) is 3. The maximum absolute atomic E-state index is 12.9. The third-order valence-corrected chi connectivity index (χ3v) is 7.10. The second-order valence-electron chi connectivity index (χ2n) is 8.29. The molecule has 9 nitrogen and oxygen atoms in total. The fourth-order valence-electron chi connectivity index (χ4n) is 3.82. The van der Waals surface area contributed by atoms with E-state index >= 15 is 0 Å². The number of hydrogen-bond acceptors (Lipinski definition) is 7. The second-order valence-corrected chi connectivity index (χ2v) is 9.70. The first-order valence-electron chi connectivity index (χ1n) is 10.8. The minimum atomic E-state index is -0.486. The van der Waals surface area contributed by atoms with E-state index in [-0.39, 0.29) is 34.1 Å². The molecule has 0 bridgehead atoms. The highest BCUT2D eigenvalue weighted by Gasteiger charge is 2.34. The minimum absolute atomic E-state index is 0.0256. The van der Waals surface area contributed by atoms with Crippen LogP contribution in [-0.4, -0.2) is 41.6 Å². The SMILES string of the molecule is COc1cc(NC(C)=O)c(Cl)cc1C(=O)Nc1nnc(C2CC(=O)N(c3ccc(C)c(C)c3)C2)s1. The summed E-state index contributed by atoms with van der Waals surface area (Å²) in [6.07, 6.45) is 0.323. The van der Waals surface area contributed by atoms with Crippen molar-refractivity contribution < 1.29 is 19.1 Å². The molecule has 2 aromatic carbocycles. The normalized spacial score (nSPS) is 15.3. The number of aryl methyl sites for hydroxylation is 2. The zero-order valence-electron chi connectivity index (χ0n) is 19.6. The Morgan fingerprint density at radius 1 is 1.14 bits per heavy atom. The van der Waals surface area contributed by atoms with Gasteiger partial charge >= 0.3 is 0 Å². The largest absolute Gasteiger partial charge is 0.496 e. The van der Waals surface area contributed by atoms with Gasteiger partial charge in [0.15, 0.2) is 0 Å². The predicted octanol–water partition coefficient (Wildman–Crippen LogP) is 4.55. The molecule has 1 atom stereocenters. The van der Waals surface area contributed by atoms with Gasteiger partial charge in [-0.25, -0.2) is 0 Å². The number of carbonyl (C=O) groups excluding carboxylic acids is 3. The van der Waals surface area contributed by atoms with Crippen LogP contribution in [0.2, 0.25) is 5.02 Å². The van der Waals surface area contributed by atoms with Gasteiger partial charge in [-0.15, -0.1) is 10.2 Å². The van der Waals surface area contributed by atoms with Gasteiger partial charge in [0, 0.05) is 37.6 Å². The van der Waals surface area contributed by atoms with Crippen LogP contribution < -0.4 is 20.3 Å². The summed E-state index contributed by atoms with van der Waals surface area (Å²) in [5.41, 5.74) is 3.68. The van der Waals surface area contributed by atoms with E-state index < -0.39 is 5.91 Å². The van der Waals surface area contributed by atoms with Crippen LogP contribution in [0.4, 0.5) is 16.5 Å². The number of carbonyl (C=O) groups is 3. The molecule has 2 N–H and O–H groups in total. The van der Waals surface area contributed by atoms with Gasteiger partial charge < -0.3 is 15.0 Å². The molecule has 0 aliphatic carbocycles. The number of aromatic nitrogens is 2. The highest BCUT2D eigenvalue weighted by molar-refractivity contribution is 7.15. The Hall–Kier alpha value is -3.50. The standard InChI is InChI=1S/C24H24ClN5O4S/c1-12-5-6-16(7-13(12)2)30-11-15(8-21(30)32)23-28-29-24(35-23)27-22(33)17-9-18(25)19(26-14(3)31)10-20(17)34-4/h5-7,9-10,15H,8,11H2,1-4H3,(H,26,31)(H,27,29,33). The summed E-state index contributed by atoms with van der Waals surface area (Å²) >= 11 is 7.45. The van der Waals surface area contributed by atoms with E-state index in [1.54, 1.807) is 4.90 Å². The Balaban J connectivity index is 1.48. The van der Waals surface area contributed by atoms with Gasteiger partial charge in [-0.1, -0.05) is 29.0 Å². The van der Waals surface area contributed by atoms with Crippen LogP contribution >= 0.6 is 22.9 Å². The second kappa shape index (κ2) is 10.0. The smallest absolute Gasteiger partial charge is 0.261 e. The van der Waals surface area contributed by atoms with Crippen molar-refractivity contribution in [2.45, 2.75) is 33.1 Å². The number of ether oxygens (including phenoxy) is 1. The molecule has 1 aliphatic heterocycles. The molecule has 35 heavy (non-hydrogen) atoms. The fraction of sp³-hybridized carbons (Fsp3) is 0.292. The van der Waals surface area contributed by atoms with Crippen molar-refractivity contribution in [3.8, 4) is 5.75 Å². The summed E-state index contributed by atoms with van der Waals surface area (Å²) in [6, 6.07) is 8.87. The van der Waals surface area contributed by atoms with E-state index in [1.807, 2.05) is 32.0 Å². The first-order chi connectivity index (χ1) is 16.7. The van der Waals surface area contributed by atoms with Crippen molar-refractivity contribution in [2.24, 2.45) is 0 Å². The molecule has 182 valence electrons. The molecule has 1 aliphatic rings. The molecule has 1 saturated heterocycles. The molecule has 3 aromatic rings. The van der Waals surface area contributed by atoms with Crippen molar-refractivity contribution in [2.75, 3.05) is 29.2 Å². The summed E-state index contributed by atoms with van der Waals surface area (Å²) in [7, 11) is 1.42. The summed E-state index contributed by atoms with van der Waals surface area (Å²) in [6.45, 7) is 5.91. The Labute approximate surface area is 211 Å². The molecule has 0 radical (unpaired) electrons. The van der Waals surface area contributed by atoms with Crippen molar-refractivity contribution >= 4 is 57.2 Å². The topological polar surface area (TPSA) is 114 Å². The molecule has 0 saturated carbocycles. The third kappa shape index (κ3) is 5.28. The zero-order chi connectivity index (χ0) is 25.3. The molecule has 0 spiro atoms. The summed E-state index contributed by atoms with van der Waals surface area (Å²) in [5, 5.41) is 14.8. The lowest BCUT2D eigenvalue weighted by Crippen LogP contribution is -2.24. The zero-order valence-corrected chi connectivity index (χ0v) is 21.2. The van der Waals surface area contributed by atoms with Crippen LogP contribution in [0.3, 0.4) is 0 Å². The quantitative estimate of drug-likeness (QED) is 0.500. The Morgan fingerprint density at radius 2 is 1.91 bits per heavy atom. The number of hydrogen-bond donors (Lipinski definition) is 2. The molecule has 1 unspecified atom stereocenters. The molecule has 11 heteroatoms. The van der Waals surface area contributed by atoms with E-state index in [1.165, 1.54) is 43.1 Å². The van der Waals surface area contributed by atoms with Gasteiger partial charge in [0.25, 0.3) is 5.91 Å². The molecule has 2 heterocycles. The van der Waals surface area contributed by atoms with Gasteiger partial charge in [0.1, 0.15) is 10.8 Å². The number of benzene rings is 2. The number of methoxy groups -OCH3 is 1. The molecule has 3 amide bonds. The molecular formula is C24H24ClN5O4S. The lowest BCUT2D eigenvalue weighted by atomic mass is 10.1. The van der Waals surface area contributed by atoms with Crippen molar-refractivity contribution in [3.05, 3.63) is 57.1 Å². The van der Waals surface area contributed by atoms with Gasteiger partial charge in [-0.3, -0.25) is 19.7 Å². The highest BCUT2D eigenvalue weighted by atomic mass is 35.5. The highest BCUT2D eigenvalue weighted by Crippen LogP contribution is 2.36. The monoisotopic (exact) mass is 513 g/mol. The maximum atomic E-state index is 12.9. The van der Waals surface area contributed by atoms with Crippen molar-refractivity contribution in [1.82, 2.24) is 10.2 Å². The average Bonchev–Trinajstić information content (AvgIpc) is 3.43. The van der Waals surface area contributed by atoms with Gasteiger partial charge in [0.2, 0.25) is 16.9 Å². The predicted molar refractivity (Wildman–Crippen MR) is 136 cm³/mol. The number of halogens is 1. The van der Waals surface area contributed by atoms with Crippen LogP contribution in [0.5, 0.6) is 5.75 Å². The number of amides is 3. The molecular weight excluding hydrogens is 490 g/mol. The lowest BCUT2D eigenvalue weighted by Gasteiger charge is -2.17. The van der Waals surface area contributed by atoms with Crippen LogP contribution in [0.15, 0.2) is 30.3 Å². The number of anilines is 3. The minimum Gasteiger partial charge on any atom is -0.496 e. The number of rotatable bonds is 6. The van der Waals surface area contributed by atoms with E-state index in [0.717, 1.165) is 11.3 Å². The van der Waals surface area contributed by atoms with Gasteiger partial charge in [0.05, 0.1) is 23.4 Å². The van der Waals surface area contributed by atoms with Crippen molar-refractivity contribution in [3.63, 3.8) is 0 Å². The van der Waals surface area contributed by atoms with Crippen LogP contribution in [-0.2, 0) is 9.59 Å². The van der Waals surface area contributed by atoms with E-state index in [0.29, 0.717) is 28.8 Å². The first kappa shape index (κ1) is 24.6. The fourth-order valence-corrected chi connectivity index (χ4v) is 4.86. The Bertz CT molecular complexity index is 1330. The number of nitrogens with one attached hydrogen (secondary N) is 2. The van der Waals surface area contributed by atoms with Crippen LogP contribution in [0.1, 0.15) is 45.8 Å². The van der Waals surface area contributed by atoms with Crippen LogP contribution in [0, 0.1) is 13.8 Å². The third-order valence-electron chi connectivity index (χ3n) is 5.78. The Morgan fingerprint density at radius 3 is 2.60 bits per heavy atom.